The van der Waals surface area contributed by atoms with E-state index in [1.165, 1.54) is 17.7 Å². The van der Waals surface area contributed by atoms with E-state index in [4.69, 9.17) is 4.74 Å². The Morgan fingerprint density at radius 1 is 0.925 bits per heavy atom. The number of amides is 2. The smallest absolute Gasteiger partial charge is 0.407 e. The highest BCUT2D eigenvalue weighted by atomic mass is 16.5. The standard InChI is InChI=1S/C31H33N5O4/c37-30(26-12-14-27(15-13-26)40-19-18-35-16-4-5-17-35)32-29-20-28(33-34-29)25-10-8-24(9-11-25)22-36(31(38)39)21-23-6-2-1-3-7-23/h1-3,6-15,20H,4-5,16-19,21-22H2,(H,38,39)(H2,32,33,34,37). The van der Waals surface area contributed by atoms with E-state index < -0.39 is 6.09 Å². The zero-order chi connectivity index (χ0) is 27.7. The minimum Gasteiger partial charge on any atom is -0.492 e. The van der Waals surface area contributed by atoms with E-state index in [9.17, 15) is 14.7 Å². The van der Waals surface area contributed by atoms with E-state index in [1.54, 1.807) is 18.2 Å². The van der Waals surface area contributed by atoms with Gasteiger partial charge in [-0.05, 0) is 61.3 Å². The van der Waals surface area contributed by atoms with Crippen molar-refractivity contribution in [1.82, 2.24) is 20.0 Å². The van der Waals surface area contributed by atoms with Crippen LogP contribution >= 0.6 is 0 Å². The van der Waals surface area contributed by atoms with Gasteiger partial charge < -0.3 is 15.2 Å². The molecule has 1 saturated heterocycles. The van der Waals surface area contributed by atoms with Gasteiger partial charge in [0.1, 0.15) is 18.2 Å². The molecule has 0 bridgehead atoms. The Labute approximate surface area is 233 Å². The number of aromatic nitrogens is 2. The molecule has 9 nitrogen and oxygen atoms in total. The lowest BCUT2D eigenvalue weighted by Crippen LogP contribution is -2.28. The molecule has 9 heteroatoms. The minimum atomic E-state index is -0.972. The van der Waals surface area contributed by atoms with E-state index in [1.807, 2.05) is 66.7 Å². The molecule has 3 N–H and O–H groups in total. The molecule has 0 atom stereocenters. The lowest BCUT2D eigenvalue weighted by molar-refractivity contribution is 0.102. The number of ether oxygens (including phenoxy) is 1. The number of nitrogens with one attached hydrogen (secondary N) is 2. The van der Waals surface area contributed by atoms with Crippen molar-refractivity contribution < 1.29 is 19.4 Å². The number of carboxylic acid groups (broad SMARTS) is 1. The maximum Gasteiger partial charge on any atom is 0.407 e. The molecule has 2 heterocycles. The summed E-state index contributed by atoms with van der Waals surface area (Å²) in [7, 11) is 0. The first kappa shape index (κ1) is 27.0. The van der Waals surface area contributed by atoms with Crippen molar-refractivity contribution in [3.05, 3.63) is 102 Å². The van der Waals surface area contributed by atoms with Gasteiger partial charge in [-0.15, -0.1) is 0 Å². The molecule has 1 aliphatic rings. The average molecular weight is 540 g/mol. The number of H-pyrrole nitrogens is 1. The van der Waals surface area contributed by atoms with Gasteiger partial charge >= 0.3 is 6.09 Å². The van der Waals surface area contributed by atoms with Crippen molar-refractivity contribution in [2.75, 3.05) is 31.6 Å². The lowest BCUT2D eigenvalue weighted by atomic mass is 10.1. The highest BCUT2D eigenvalue weighted by molar-refractivity contribution is 6.04. The topological polar surface area (TPSA) is 111 Å². The summed E-state index contributed by atoms with van der Waals surface area (Å²) in [4.78, 5) is 28.3. The fourth-order valence-electron chi connectivity index (χ4n) is 4.73. The van der Waals surface area contributed by atoms with Crippen LogP contribution in [0.25, 0.3) is 11.3 Å². The molecule has 4 aromatic rings. The lowest BCUT2D eigenvalue weighted by Gasteiger charge is -2.19. The van der Waals surface area contributed by atoms with Crippen molar-refractivity contribution in [3.8, 4) is 17.0 Å². The van der Waals surface area contributed by atoms with Crippen molar-refractivity contribution in [1.29, 1.82) is 0 Å². The van der Waals surface area contributed by atoms with Crippen LogP contribution in [-0.2, 0) is 13.1 Å². The van der Waals surface area contributed by atoms with Gasteiger partial charge in [-0.3, -0.25) is 19.7 Å². The number of rotatable bonds is 11. The van der Waals surface area contributed by atoms with Crippen molar-refractivity contribution in [2.24, 2.45) is 0 Å². The van der Waals surface area contributed by atoms with Crippen LogP contribution in [0.1, 0.15) is 34.3 Å². The molecule has 0 radical (unpaired) electrons. The molecule has 40 heavy (non-hydrogen) atoms. The molecular weight excluding hydrogens is 506 g/mol. The first-order valence-electron chi connectivity index (χ1n) is 13.5. The van der Waals surface area contributed by atoms with E-state index in [2.05, 4.69) is 20.4 Å². The number of anilines is 1. The molecule has 0 unspecified atom stereocenters. The number of benzene rings is 3. The molecule has 1 aliphatic heterocycles. The number of nitrogens with zero attached hydrogens (tertiary/aromatic N) is 3. The van der Waals surface area contributed by atoms with Crippen molar-refractivity contribution in [3.63, 3.8) is 0 Å². The Morgan fingerprint density at radius 3 is 2.27 bits per heavy atom. The molecule has 0 saturated carbocycles. The molecule has 0 aliphatic carbocycles. The normalized spacial score (nSPS) is 13.2. The molecule has 5 rings (SSSR count). The molecular formula is C31H33N5O4. The first-order chi connectivity index (χ1) is 19.5. The molecule has 3 aromatic carbocycles. The number of likely N-dealkylation sites (tertiary alicyclic amines) is 1. The largest absolute Gasteiger partial charge is 0.492 e. The summed E-state index contributed by atoms with van der Waals surface area (Å²) in [6.07, 6.45) is 1.55. The zero-order valence-corrected chi connectivity index (χ0v) is 22.3. The van der Waals surface area contributed by atoms with Crippen LogP contribution in [0.3, 0.4) is 0 Å². The van der Waals surface area contributed by atoms with Crippen LogP contribution in [0.2, 0.25) is 0 Å². The summed E-state index contributed by atoms with van der Waals surface area (Å²) >= 11 is 0. The second kappa shape index (κ2) is 12.9. The Kier molecular flexibility index (Phi) is 8.73. The molecule has 1 aromatic heterocycles. The van der Waals surface area contributed by atoms with Gasteiger partial charge in [-0.25, -0.2) is 4.79 Å². The first-order valence-corrected chi connectivity index (χ1v) is 13.5. The van der Waals surface area contributed by atoms with Crippen molar-refractivity contribution in [2.45, 2.75) is 25.9 Å². The fourth-order valence-corrected chi connectivity index (χ4v) is 4.73. The summed E-state index contributed by atoms with van der Waals surface area (Å²) < 4.78 is 5.82. The Balaban J connectivity index is 1.13. The van der Waals surface area contributed by atoms with E-state index in [-0.39, 0.29) is 12.5 Å². The quantitative estimate of drug-likeness (QED) is 0.233. The van der Waals surface area contributed by atoms with Crippen LogP contribution in [-0.4, -0.2) is 63.3 Å². The maximum atomic E-state index is 12.7. The number of carbonyl (C=O) groups is 2. The maximum absolute atomic E-state index is 12.7. The second-order valence-electron chi connectivity index (χ2n) is 9.86. The molecule has 206 valence electrons. The van der Waals surface area contributed by atoms with Gasteiger partial charge in [0, 0.05) is 36.8 Å². The van der Waals surface area contributed by atoms with Crippen LogP contribution in [0.5, 0.6) is 5.75 Å². The predicted octanol–water partition coefficient (Wildman–Crippen LogP) is 5.48. The molecule has 1 fully saturated rings. The highest BCUT2D eigenvalue weighted by Crippen LogP contribution is 2.22. The molecule has 2 amide bonds. The predicted molar refractivity (Wildman–Crippen MR) is 153 cm³/mol. The Morgan fingerprint density at radius 2 is 1.60 bits per heavy atom. The Hall–Kier alpha value is -4.63. The van der Waals surface area contributed by atoms with Gasteiger partial charge in [0.15, 0.2) is 0 Å². The highest BCUT2D eigenvalue weighted by Gasteiger charge is 2.14. The number of hydrogen-bond acceptors (Lipinski definition) is 5. The average Bonchev–Trinajstić information content (AvgIpc) is 3.67. The fraction of sp³-hybridized carbons (Fsp3) is 0.258. The number of carbonyl (C=O) groups excluding carboxylic acids is 1. The summed E-state index contributed by atoms with van der Waals surface area (Å²) in [5.74, 6) is 0.978. The minimum absolute atomic E-state index is 0.249. The summed E-state index contributed by atoms with van der Waals surface area (Å²) in [5.41, 5.74) is 3.84. The number of aromatic amines is 1. The summed E-state index contributed by atoms with van der Waals surface area (Å²) in [5, 5.41) is 19.7. The third-order valence-corrected chi connectivity index (χ3v) is 6.93. The van der Waals surface area contributed by atoms with Crippen LogP contribution in [0.15, 0.2) is 84.9 Å². The van der Waals surface area contributed by atoms with Gasteiger partial charge in [-0.2, -0.15) is 5.10 Å². The van der Waals surface area contributed by atoms with Gasteiger partial charge in [0.05, 0.1) is 5.69 Å². The third kappa shape index (κ3) is 7.27. The van der Waals surface area contributed by atoms with Gasteiger partial charge in [0.25, 0.3) is 5.91 Å². The van der Waals surface area contributed by atoms with Crippen LogP contribution in [0, 0.1) is 0 Å². The number of hydrogen-bond donors (Lipinski definition) is 3. The van der Waals surface area contributed by atoms with E-state index in [0.29, 0.717) is 30.2 Å². The third-order valence-electron chi connectivity index (χ3n) is 6.93. The van der Waals surface area contributed by atoms with Crippen LogP contribution in [0.4, 0.5) is 10.6 Å². The SMILES string of the molecule is O=C(Nc1cc(-c2ccc(CN(Cc3ccccc3)C(=O)O)cc2)n[nH]1)c1ccc(OCCN2CCCC2)cc1. The molecule has 0 spiro atoms. The Bertz CT molecular complexity index is 1400. The summed E-state index contributed by atoms with van der Waals surface area (Å²) in [6, 6.07) is 25.9. The van der Waals surface area contributed by atoms with Gasteiger partial charge in [0.2, 0.25) is 0 Å². The van der Waals surface area contributed by atoms with Crippen LogP contribution < -0.4 is 10.1 Å². The second-order valence-corrected chi connectivity index (χ2v) is 9.86. The van der Waals surface area contributed by atoms with E-state index >= 15 is 0 Å². The monoisotopic (exact) mass is 539 g/mol. The van der Waals surface area contributed by atoms with Crippen molar-refractivity contribution >= 4 is 17.8 Å². The van der Waals surface area contributed by atoms with Gasteiger partial charge in [-0.1, -0.05) is 54.6 Å². The van der Waals surface area contributed by atoms with E-state index in [0.717, 1.165) is 42.1 Å². The zero-order valence-electron chi connectivity index (χ0n) is 22.3. The summed E-state index contributed by atoms with van der Waals surface area (Å²) in [6.45, 7) is 4.42.